The molecule has 0 fully saturated rings. The van der Waals surface area contributed by atoms with Crippen molar-refractivity contribution >= 4 is 47.2 Å². The van der Waals surface area contributed by atoms with Crippen molar-refractivity contribution < 1.29 is 4.79 Å². The van der Waals surface area contributed by atoms with Crippen LogP contribution in [-0.2, 0) is 13.0 Å². The first-order valence-corrected chi connectivity index (χ1v) is 9.98. The summed E-state index contributed by atoms with van der Waals surface area (Å²) >= 11 is 1.69. The van der Waals surface area contributed by atoms with Crippen LogP contribution < -0.4 is 10.6 Å². The van der Waals surface area contributed by atoms with Gasteiger partial charge in [0.05, 0.1) is 17.2 Å². The molecule has 0 aliphatic rings. The summed E-state index contributed by atoms with van der Waals surface area (Å²) in [6.45, 7) is 8.26. The molecule has 2 aromatic rings. The Morgan fingerprint density at radius 2 is 2.00 bits per heavy atom. The first kappa shape index (κ1) is 24.4. The number of benzene rings is 1. The normalized spacial score (nSPS) is 11.0. The van der Waals surface area contributed by atoms with Gasteiger partial charge < -0.3 is 15.5 Å². The van der Waals surface area contributed by atoms with Crippen LogP contribution in [0.15, 0.2) is 29.3 Å². The van der Waals surface area contributed by atoms with Gasteiger partial charge in [-0.1, -0.05) is 12.1 Å². The van der Waals surface area contributed by atoms with Crippen LogP contribution in [0.25, 0.3) is 0 Å². The maximum Gasteiger partial charge on any atom is 0.253 e. The van der Waals surface area contributed by atoms with Gasteiger partial charge in [-0.3, -0.25) is 4.79 Å². The number of hydrogen-bond donors (Lipinski definition) is 2. The lowest BCUT2D eigenvalue weighted by atomic mass is 10.1. The van der Waals surface area contributed by atoms with E-state index < -0.39 is 0 Å². The summed E-state index contributed by atoms with van der Waals surface area (Å²) in [5, 5.41) is 7.71. The number of carbonyl (C=O) groups is 1. The van der Waals surface area contributed by atoms with E-state index in [4.69, 9.17) is 0 Å². The van der Waals surface area contributed by atoms with Crippen molar-refractivity contribution in [1.82, 2.24) is 20.5 Å². The Labute approximate surface area is 188 Å². The molecule has 154 valence electrons. The number of nitrogens with zero attached hydrogens (tertiary/aromatic N) is 3. The lowest BCUT2D eigenvalue weighted by Crippen LogP contribution is -2.38. The summed E-state index contributed by atoms with van der Waals surface area (Å²) in [6.07, 6.45) is 0.817. The summed E-state index contributed by atoms with van der Waals surface area (Å²) in [7, 11) is 3.53. The molecule has 0 bridgehead atoms. The molecule has 2 rings (SSSR count). The van der Waals surface area contributed by atoms with E-state index in [-0.39, 0.29) is 29.9 Å². The van der Waals surface area contributed by atoms with Crippen molar-refractivity contribution in [3.8, 4) is 0 Å². The van der Waals surface area contributed by atoms with Gasteiger partial charge in [0, 0.05) is 37.6 Å². The third-order valence-electron chi connectivity index (χ3n) is 4.01. The number of amides is 1. The van der Waals surface area contributed by atoms with Gasteiger partial charge in [-0.15, -0.1) is 35.3 Å². The minimum Gasteiger partial charge on any atom is -0.357 e. The van der Waals surface area contributed by atoms with Crippen LogP contribution in [0.4, 0.5) is 0 Å². The second kappa shape index (κ2) is 12.0. The molecular weight excluding hydrogens is 485 g/mol. The molecule has 0 aliphatic heterocycles. The van der Waals surface area contributed by atoms with Crippen molar-refractivity contribution in [2.24, 2.45) is 4.99 Å². The fraction of sp³-hybridized carbons (Fsp3) is 0.450. The number of aromatic nitrogens is 1. The maximum absolute atomic E-state index is 12.1. The number of aliphatic imine (C=N–C) groups is 1. The molecule has 0 aliphatic carbocycles. The minimum atomic E-state index is 0. The van der Waals surface area contributed by atoms with Crippen LogP contribution in [-0.4, -0.2) is 48.9 Å². The Balaban J connectivity index is 0.00000392. The van der Waals surface area contributed by atoms with Crippen LogP contribution in [0.5, 0.6) is 0 Å². The number of nitrogens with one attached hydrogen (secondary N) is 2. The topological polar surface area (TPSA) is 69.6 Å². The highest BCUT2D eigenvalue weighted by Crippen LogP contribution is 2.17. The van der Waals surface area contributed by atoms with Crippen LogP contribution in [0, 0.1) is 13.8 Å². The van der Waals surface area contributed by atoms with Gasteiger partial charge in [0.2, 0.25) is 0 Å². The molecule has 1 aromatic heterocycles. The Bertz CT molecular complexity index is 804. The van der Waals surface area contributed by atoms with Crippen LogP contribution in [0.3, 0.4) is 0 Å². The summed E-state index contributed by atoms with van der Waals surface area (Å²) in [5.74, 6) is 0.818. The monoisotopic (exact) mass is 515 g/mol. The molecular formula is C20H30IN5OS. The van der Waals surface area contributed by atoms with Gasteiger partial charge in [-0.05, 0) is 44.9 Å². The number of aryl methyl sites for hydroxylation is 2. The van der Waals surface area contributed by atoms with Gasteiger partial charge >= 0.3 is 0 Å². The third kappa shape index (κ3) is 7.38. The smallest absolute Gasteiger partial charge is 0.253 e. The highest BCUT2D eigenvalue weighted by Gasteiger charge is 2.08. The standard InChI is InChI=1S/C20H29N5OS.HI/c1-6-21-20(23-13-18-14(2)24-15(3)27-18)22-11-10-16-8-7-9-17(12-16)19(26)25(4)5;/h7-9,12H,6,10-11,13H2,1-5H3,(H2,21,22,23);1H. The molecule has 0 saturated heterocycles. The first-order chi connectivity index (χ1) is 12.9. The third-order valence-corrected chi connectivity index (χ3v) is 5.07. The maximum atomic E-state index is 12.1. The highest BCUT2D eigenvalue weighted by molar-refractivity contribution is 14.0. The predicted octanol–water partition coefficient (Wildman–Crippen LogP) is 3.38. The average Bonchev–Trinajstić information content (AvgIpc) is 2.96. The van der Waals surface area contributed by atoms with E-state index in [9.17, 15) is 4.79 Å². The van der Waals surface area contributed by atoms with E-state index >= 15 is 0 Å². The minimum absolute atomic E-state index is 0. The van der Waals surface area contributed by atoms with E-state index in [1.165, 1.54) is 4.88 Å². The number of thiazole rings is 1. The zero-order valence-corrected chi connectivity index (χ0v) is 20.4. The Hall–Kier alpha value is -1.68. The van der Waals surface area contributed by atoms with Gasteiger partial charge in [0.1, 0.15) is 0 Å². The molecule has 0 saturated carbocycles. The van der Waals surface area contributed by atoms with Crippen molar-refractivity contribution in [1.29, 1.82) is 0 Å². The number of hydrogen-bond acceptors (Lipinski definition) is 4. The molecule has 1 amide bonds. The van der Waals surface area contributed by atoms with Crippen molar-refractivity contribution in [3.05, 3.63) is 51.0 Å². The van der Waals surface area contributed by atoms with E-state index in [1.807, 2.05) is 38.1 Å². The molecule has 6 nitrogen and oxygen atoms in total. The SMILES string of the molecule is CCNC(=NCc1sc(C)nc1C)NCCc1cccc(C(=O)N(C)C)c1.I. The Morgan fingerprint density at radius 1 is 1.25 bits per heavy atom. The number of halogens is 1. The number of guanidine groups is 1. The zero-order chi connectivity index (χ0) is 19.8. The Kier molecular flexibility index (Phi) is 10.4. The summed E-state index contributed by atoms with van der Waals surface area (Å²) in [4.78, 5) is 24.0. The molecule has 0 atom stereocenters. The number of carbonyl (C=O) groups excluding carboxylic acids is 1. The molecule has 2 N–H and O–H groups in total. The molecule has 0 unspecified atom stereocenters. The van der Waals surface area contributed by atoms with Crippen LogP contribution in [0.2, 0.25) is 0 Å². The van der Waals surface area contributed by atoms with Crippen molar-refractivity contribution in [2.75, 3.05) is 27.2 Å². The average molecular weight is 515 g/mol. The molecule has 1 aromatic carbocycles. The lowest BCUT2D eigenvalue weighted by Gasteiger charge is -2.13. The fourth-order valence-corrected chi connectivity index (χ4v) is 3.52. The lowest BCUT2D eigenvalue weighted by molar-refractivity contribution is 0.0827. The van der Waals surface area contributed by atoms with Gasteiger partial charge in [0.25, 0.3) is 5.91 Å². The molecule has 0 spiro atoms. The van der Waals surface area contributed by atoms with E-state index in [1.54, 1.807) is 30.3 Å². The zero-order valence-electron chi connectivity index (χ0n) is 17.2. The van der Waals surface area contributed by atoms with Gasteiger partial charge in [0.15, 0.2) is 5.96 Å². The predicted molar refractivity (Wildman–Crippen MR) is 128 cm³/mol. The molecule has 1 heterocycles. The van der Waals surface area contributed by atoms with Crippen LogP contribution >= 0.6 is 35.3 Å². The van der Waals surface area contributed by atoms with Crippen LogP contribution in [0.1, 0.15) is 38.4 Å². The molecule has 28 heavy (non-hydrogen) atoms. The van der Waals surface area contributed by atoms with Crippen molar-refractivity contribution in [3.63, 3.8) is 0 Å². The highest BCUT2D eigenvalue weighted by atomic mass is 127. The quantitative estimate of drug-likeness (QED) is 0.337. The summed E-state index contributed by atoms with van der Waals surface area (Å²) in [6, 6.07) is 7.78. The largest absolute Gasteiger partial charge is 0.357 e. The van der Waals surface area contributed by atoms with Gasteiger partial charge in [-0.2, -0.15) is 0 Å². The summed E-state index contributed by atoms with van der Waals surface area (Å²) in [5.41, 5.74) is 2.90. The molecule has 8 heteroatoms. The van der Waals surface area contributed by atoms with Gasteiger partial charge in [-0.25, -0.2) is 9.98 Å². The Morgan fingerprint density at radius 3 is 2.61 bits per heavy atom. The fourth-order valence-electron chi connectivity index (χ4n) is 2.66. The van der Waals surface area contributed by atoms with E-state index in [0.29, 0.717) is 12.1 Å². The molecule has 0 radical (unpaired) electrons. The van der Waals surface area contributed by atoms with E-state index in [2.05, 4.69) is 27.5 Å². The second-order valence-corrected chi connectivity index (χ2v) is 7.80. The second-order valence-electron chi connectivity index (χ2n) is 6.51. The summed E-state index contributed by atoms with van der Waals surface area (Å²) < 4.78 is 0. The van der Waals surface area contributed by atoms with Crippen molar-refractivity contribution in [2.45, 2.75) is 33.7 Å². The number of rotatable bonds is 7. The first-order valence-electron chi connectivity index (χ1n) is 9.16. The van der Waals surface area contributed by atoms with E-state index in [0.717, 1.165) is 41.7 Å².